The van der Waals surface area contributed by atoms with Crippen LogP contribution in [0, 0.1) is 6.92 Å². The Balaban J connectivity index is 1.68. The van der Waals surface area contributed by atoms with Gasteiger partial charge in [0.15, 0.2) is 28.8 Å². The van der Waals surface area contributed by atoms with Gasteiger partial charge in [-0.05, 0) is 84.8 Å². The van der Waals surface area contributed by atoms with Crippen LogP contribution in [0.4, 0.5) is 0 Å². The zero-order valence-corrected chi connectivity index (χ0v) is 23.4. The summed E-state index contributed by atoms with van der Waals surface area (Å²) in [6.45, 7) is 1.90. The molecular weight excluding hydrogens is 516 g/mol. The van der Waals surface area contributed by atoms with Crippen molar-refractivity contribution in [3.63, 3.8) is 0 Å². The molecule has 3 aromatic rings. The van der Waals surface area contributed by atoms with Crippen LogP contribution in [0.3, 0.4) is 0 Å². The lowest BCUT2D eigenvalue weighted by Crippen LogP contribution is -2.32. The molecular formula is C30H32N2O6S. The largest absolute Gasteiger partial charge is 0.493 e. The Morgan fingerprint density at radius 2 is 1.31 bits per heavy atom. The molecule has 0 saturated heterocycles. The predicted octanol–water partition coefficient (Wildman–Crippen LogP) is 5.21. The fourth-order valence-electron chi connectivity index (χ4n) is 4.43. The second-order valence-electron chi connectivity index (χ2n) is 9.07. The number of nitrogens with one attached hydrogen (secondary N) is 2. The van der Waals surface area contributed by atoms with E-state index < -0.39 is 0 Å². The highest BCUT2D eigenvalue weighted by atomic mass is 32.2. The van der Waals surface area contributed by atoms with Gasteiger partial charge in [-0.2, -0.15) is 0 Å². The van der Waals surface area contributed by atoms with Crippen LogP contribution in [0.5, 0.6) is 23.0 Å². The molecule has 1 heterocycles. The zero-order valence-electron chi connectivity index (χ0n) is 22.6. The summed E-state index contributed by atoms with van der Waals surface area (Å²) in [6, 6.07) is 12.7. The van der Waals surface area contributed by atoms with Crippen LogP contribution in [-0.2, 0) is 4.79 Å². The number of ketones is 1. The molecule has 1 aromatic heterocycles. The third kappa shape index (κ3) is 6.74. The van der Waals surface area contributed by atoms with Crippen molar-refractivity contribution in [1.82, 2.24) is 9.71 Å². The molecule has 1 saturated carbocycles. The third-order valence-corrected chi connectivity index (χ3v) is 7.54. The molecule has 4 rings (SSSR count). The van der Waals surface area contributed by atoms with E-state index in [0.29, 0.717) is 47.0 Å². The smallest absolute Gasteiger partial charge is 0.248 e. The molecule has 0 radical (unpaired) electrons. The summed E-state index contributed by atoms with van der Waals surface area (Å²) >= 11 is 1.44. The van der Waals surface area contributed by atoms with Crippen molar-refractivity contribution in [2.45, 2.75) is 30.7 Å². The van der Waals surface area contributed by atoms with E-state index in [4.69, 9.17) is 18.9 Å². The SMILES string of the molecule is COc1ccc(/C=C2\CC(NSc3c[nH]c(=O)cc3C)C/C(=C\c3ccc(OC)c(OC)c3)C2=O)cc1OC. The molecule has 0 atom stereocenters. The van der Waals surface area contributed by atoms with E-state index in [9.17, 15) is 9.59 Å². The lowest BCUT2D eigenvalue weighted by molar-refractivity contribution is -0.113. The van der Waals surface area contributed by atoms with Crippen LogP contribution in [-0.4, -0.2) is 45.2 Å². The molecule has 2 aromatic carbocycles. The van der Waals surface area contributed by atoms with Gasteiger partial charge in [0.05, 0.1) is 28.4 Å². The minimum absolute atomic E-state index is 0.0113. The molecule has 204 valence electrons. The molecule has 39 heavy (non-hydrogen) atoms. The molecule has 1 aliphatic rings. The number of H-pyrrole nitrogens is 1. The maximum absolute atomic E-state index is 13.7. The molecule has 1 aliphatic carbocycles. The van der Waals surface area contributed by atoms with Crippen molar-refractivity contribution in [1.29, 1.82) is 0 Å². The Morgan fingerprint density at radius 3 is 1.77 bits per heavy atom. The summed E-state index contributed by atoms with van der Waals surface area (Å²) in [6.07, 6.45) is 6.56. The van der Waals surface area contributed by atoms with E-state index in [0.717, 1.165) is 21.6 Å². The molecule has 0 unspecified atom stereocenters. The van der Waals surface area contributed by atoms with E-state index in [2.05, 4.69) is 9.71 Å². The quantitative estimate of drug-likeness (QED) is 0.278. The number of hydrogen-bond donors (Lipinski definition) is 2. The first-order valence-corrected chi connectivity index (χ1v) is 13.2. The Morgan fingerprint density at radius 1 is 0.795 bits per heavy atom. The van der Waals surface area contributed by atoms with Gasteiger partial charge in [-0.1, -0.05) is 12.1 Å². The number of methoxy groups -OCH3 is 4. The number of aromatic nitrogens is 1. The minimum atomic E-state index is -0.139. The number of aryl methyl sites for hydroxylation is 1. The van der Waals surface area contributed by atoms with Crippen molar-refractivity contribution < 1.29 is 23.7 Å². The van der Waals surface area contributed by atoms with Crippen molar-refractivity contribution in [2.75, 3.05) is 28.4 Å². The number of hydrogen-bond acceptors (Lipinski definition) is 8. The van der Waals surface area contributed by atoms with Gasteiger partial charge in [0.25, 0.3) is 0 Å². The summed E-state index contributed by atoms with van der Waals surface area (Å²) in [5.74, 6) is 2.42. The predicted molar refractivity (Wildman–Crippen MR) is 154 cm³/mol. The summed E-state index contributed by atoms with van der Waals surface area (Å²) < 4.78 is 25.1. The maximum atomic E-state index is 13.7. The fourth-order valence-corrected chi connectivity index (χ4v) is 5.23. The number of benzene rings is 2. The second-order valence-corrected chi connectivity index (χ2v) is 9.95. The van der Waals surface area contributed by atoms with E-state index in [1.54, 1.807) is 40.7 Å². The van der Waals surface area contributed by atoms with Crippen LogP contribution in [0.25, 0.3) is 12.2 Å². The lowest BCUT2D eigenvalue weighted by atomic mass is 9.84. The number of pyridine rings is 1. The molecule has 0 bridgehead atoms. The van der Waals surface area contributed by atoms with E-state index in [1.807, 2.05) is 55.5 Å². The van der Waals surface area contributed by atoms with Gasteiger partial charge in [-0.3, -0.25) is 14.3 Å². The van der Waals surface area contributed by atoms with Crippen LogP contribution >= 0.6 is 11.9 Å². The number of aromatic amines is 1. The topological polar surface area (TPSA) is 98.9 Å². The molecule has 0 spiro atoms. The summed E-state index contributed by atoms with van der Waals surface area (Å²) in [5, 5.41) is 0. The Labute approximate surface area is 232 Å². The van der Waals surface area contributed by atoms with Gasteiger partial charge in [0, 0.05) is 34.3 Å². The fraction of sp³-hybridized carbons (Fsp3) is 0.267. The van der Waals surface area contributed by atoms with Crippen molar-refractivity contribution in [2.24, 2.45) is 0 Å². The zero-order chi connectivity index (χ0) is 27.9. The van der Waals surface area contributed by atoms with Crippen molar-refractivity contribution >= 4 is 29.9 Å². The minimum Gasteiger partial charge on any atom is -0.493 e. The highest BCUT2D eigenvalue weighted by molar-refractivity contribution is 7.97. The number of carbonyl (C=O) groups excluding carboxylic acids is 1. The molecule has 9 heteroatoms. The Kier molecular flexibility index (Phi) is 9.16. The van der Waals surface area contributed by atoms with Crippen LogP contribution in [0.1, 0.15) is 29.5 Å². The third-order valence-electron chi connectivity index (χ3n) is 6.43. The second kappa shape index (κ2) is 12.7. The van der Waals surface area contributed by atoms with Gasteiger partial charge >= 0.3 is 0 Å². The Bertz CT molecular complexity index is 1400. The first kappa shape index (κ1) is 28.1. The van der Waals surface area contributed by atoms with Crippen LogP contribution < -0.4 is 29.2 Å². The van der Waals surface area contributed by atoms with E-state index in [-0.39, 0.29) is 17.4 Å². The number of rotatable bonds is 9. The number of carbonyl (C=O) groups is 1. The first-order valence-electron chi connectivity index (χ1n) is 12.4. The molecule has 2 N–H and O–H groups in total. The normalized spacial score (nSPS) is 17.4. The highest BCUT2D eigenvalue weighted by Crippen LogP contribution is 2.34. The monoisotopic (exact) mass is 548 g/mol. The van der Waals surface area contributed by atoms with Crippen molar-refractivity contribution in [3.8, 4) is 23.0 Å². The molecule has 0 amide bonds. The number of ether oxygens (including phenoxy) is 4. The standard InChI is InChI=1S/C30H32N2O6S/c1-18-10-29(33)31-17-28(18)39-32-23-15-21(11-19-6-8-24(35-2)26(13-19)37-4)30(34)22(16-23)12-20-7-9-25(36-3)27(14-20)38-5/h6-14,17,23,32H,15-16H2,1-5H3,(H,31,33)/b21-11+,22-12+. The van der Waals surface area contributed by atoms with Gasteiger partial charge < -0.3 is 23.9 Å². The van der Waals surface area contributed by atoms with Gasteiger partial charge in [-0.15, -0.1) is 0 Å². The van der Waals surface area contributed by atoms with Crippen LogP contribution in [0.2, 0.25) is 0 Å². The molecule has 0 aliphatic heterocycles. The van der Waals surface area contributed by atoms with Gasteiger partial charge in [-0.25, -0.2) is 0 Å². The first-order chi connectivity index (χ1) is 18.8. The summed E-state index contributed by atoms with van der Waals surface area (Å²) in [4.78, 5) is 28.9. The highest BCUT2D eigenvalue weighted by Gasteiger charge is 2.28. The van der Waals surface area contributed by atoms with Crippen LogP contribution in [0.15, 0.2) is 69.5 Å². The Hall–Kier alpha value is -3.95. The maximum Gasteiger partial charge on any atom is 0.248 e. The average Bonchev–Trinajstić information content (AvgIpc) is 2.94. The average molecular weight is 549 g/mol. The summed E-state index contributed by atoms with van der Waals surface area (Å²) in [7, 11) is 6.34. The van der Waals surface area contributed by atoms with Crippen molar-refractivity contribution in [3.05, 3.63) is 86.9 Å². The molecule has 1 fully saturated rings. The van der Waals surface area contributed by atoms with Gasteiger partial charge in [0.1, 0.15) is 0 Å². The van der Waals surface area contributed by atoms with Gasteiger partial charge in [0.2, 0.25) is 5.56 Å². The summed E-state index contributed by atoms with van der Waals surface area (Å²) in [5.41, 5.74) is 3.77. The van der Waals surface area contributed by atoms with E-state index >= 15 is 0 Å². The molecule has 8 nitrogen and oxygen atoms in total. The van der Waals surface area contributed by atoms with E-state index in [1.165, 1.54) is 11.9 Å². The lowest BCUT2D eigenvalue weighted by Gasteiger charge is -2.26. The number of Topliss-reactive ketones (excluding diaryl/α,β-unsaturated/α-hetero) is 1.